The number of hydrazine groups is 1. The first-order chi connectivity index (χ1) is 12.2. The molecule has 1 rings (SSSR count). The van der Waals surface area contributed by atoms with E-state index in [-0.39, 0.29) is 34.4 Å². The van der Waals surface area contributed by atoms with Crippen LogP contribution in [0.25, 0.3) is 0 Å². The summed E-state index contributed by atoms with van der Waals surface area (Å²) < 4.78 is 0. The van der Waals surface area contributed by atoms with Crippen molar-refractivity contribution in [1.82, 2.24) is 10.4 Å². The van der Waals surface area contributed by atoms with Gasteiger partial charge in [0.15, 0.2) is 6.04 Å². The van der Waals surface area contributed by atoms with Gasteiger partial charge in [-0.25, -0.2) is 9.80 Å². The highest BCUT2D eigenvalue weighted by Crippen LogP contribution is 2.23. The third-order valence-corrected chi connectivity index (χ3v) is 4.62. The van der Waals surface area contributed by atoms with Crippen molar-refractivity contribution in [3.8, 4) is 0 Å². The Morgan fingerprint density at radius 2 is 1.92 bits per heavy atom. The summed E-state index contributed by atoms with van der Waals surface area (Å²) in [5, 5.41) is 10.8. The largest absolute Gasteiger partial charge is 0.480 e. The third kappa shape index (κ3) is 6.70. The zero-order chi connectivity index (χ0) is 19.9. The van der Waals surface area contributed by atoms with Gasteiger partial charge in [-0.05, 0) is 36.8 Å². The first kappa shape index (κ1) is 22.6. The maximum absolute atomic E-state index is 13.0. The van der Waals surface area contributed by atoms with Crippen LogP contribution < -0.4 is 5.43 Å². The van der Waals surface area contributed by atoms with Crippen LogP contribution in [0.3, 0.4) is 0 Å². The SMILES string of the molecule is CSCCC(=O)NN(C(=O)c1cc(Cl)ccc1Cl)[C@H](CC(C)C)C(=O)O. The summed E-state index contributed by atoms with van der Waals surface area (Å²) in [6.07, 6.45) is 2.17. The molecule has 26 heavy (non-hydrogen) atoms. The summed E-state index contributed by atoms with van der Waals surface area (Å²) in [6.45, 7) is 3.67. The quantitative estimate of drug-likeness (QED) is 0.625. The van der Waals surface area contributed by atoms with Gasteiger partial charge in [-0.2, -0.15) is 11.8 Å². The lowest BCUT2D eigenvalue weighted by Crippen LogP contribution is -2.55. The van der Waals surface area contributed by atoms with Gasteiger partial charge in [-0.3, -0.25) is 15.0 Å². The average Bonchev–Trinajstić information content (AvgIpc) is 2.57. The number of hydrogen-bond donors (Lipinski definition) is 2. The molecular formula is C17H22Cl2N2O4S. The molecule has 2 amide bonds. The Labute approximate surface area is 167 Å². The van der Waals surface area contributed by atoms with E-state index in [1.807, 2.05) is 20.1 Å². The van der Waals surface area contributed by atoms with E-state index in [0.717, 1.165) is 5.01 Å². The number of nitrogens with zero attached hydrogens (tertiary/aromatic N) is 1. The van der Waals surface area contributed by atoms with Crippen LogP contribution in [0.15, 0.2) is 18.2 Å². The molecule has 0 aliphatic rings. The van der Waals surface area contributed by atoms with Gasteiger partial charge in [0, 0.05) is 17.2 Å². The maximum Gasteiger partial charge on any atom is 0.328 e. The number of carboxylic acid groups (broad SMARTS) is 1. The zero-order valence-electron chi connectivity index (χ0n) is 14.8. The number of carboxylic acids is 1. The van der Waals surface area contributed by atoms with Crippen LogP contribution in [0.4, 0.5) is 0 Å². The average molecular weight is 421 g/mol. The fourth-order valence-corrected chi connectivity index (χ4v) is 2.97. The molecule has 0 aromatic heterocycles. The van der Waals surface area contributed by atoms with Gasteiger partial charge >= 0.3 is 5.97 Å². The molecule has 0 heterocycles. The van der Waals surface area contributed by atoms with E-state index in [1.165, 1.54) is 30.0 Å². The molecule has 0 bridgehead atoms. The molecule has 0 spiro atoms. The van der Waals surface area contributed by atoms with E-state index >= 15 is 0 Å². The van der Waals surface area contributed by atoms with Crippen LogP contribution in [0.2, 0.25) is 10.0 Å². The number of halogens is 2. The molecule has 0 unspecified atom stereocenters. The number of carbonyl (C=O) groups is 3. The molecule has 0 radical (unpaired) electrons. The zero-order valence-corrected chi connectivity index (χ0v) is 17.1. The number of aliphatic carboxylic acids is 1. The summed E-state index contributed by atoms with van der Waals surface area (Å²) in [5.41, 5.74) is 2.46. The number of amides is 2. The molecule has 2 N–H and O–H groups in total. The van der Waals surface area contributed by atoms with Crippen molar-refractivity contribution in [3.63, 3.8) is 0 Å². The summed E-state index contributed by atoms with van der Waals surface area (Å²) in [7, 11) is 0. The summed E-state index contributed by atoms with van der Waals surface area (Å²) >= 11 is 13.5. The second-order valence-corrected chi connectivity index (χ2v) is 7.89. The normalized spacial score (nSPS) is 11.9. The molecule has 0 fully saturated rings. The molecule has 0 aliphatic carbocycles. The first-order valence-electron chi connectivity index (χ1n) is 7.97. The highest BCUT2D eigenvalue weighted by atomic mass is 35.5. The molecule has 0 saturated carbocycles. The van der Waals surface area contributed by atoms with Gasteiger partial charge in [0.2, 0.25) is 5.91 Å². The Morgan fingerprint density at radius 1 is 1.27 bits per heavy atom. The van der Waals surface area contributed by atoms with Gasteiger partial charge in [0.05, 0.1) is 10.6 Å². The highest BCUT2D eigenvalue weighted by Gasteiger charge is 2.33. The van der Waals surface area contributed by atoms with Crippen molar-refractivity contribution in [2.45, 2.75) is 32.7 Å². The second-order valence-electron chi connectivity index (χ2n) is 6.06. The van der Waals surface area contributed by atoms with E-state index in [1.54, 1.807) is 0 Å². The number of hydrogen-bond acceptors (Lipinski definition) is 4. The predicted octanol–water partition coefficient (Wildman–Crippen LogP) is 3.72. The van der Waals surface area contributed by atoms with Gasteiger partial charge in [0.1, 0.15) is 0 Å². The van der Waals surface area contributed by atoms with E-state index in [0.29, 0.717) is 5.75 Å². The number of thioether (sulfide) groups is 1. The fourth-order valence-electron chi connectivity index (χ4n) is 2.21. The van der Waals surface area contributed by atoms with Crippen LogP contribution in [0.5, 0.6) is 0 Å². The van der Waals surface area contributed by atoms with E-state index < -0.39 is 23.8 Å². The van der Waals surface area contributed by atoms with Crippen molar-refractivity contribution in [2.24, 2.45) is 5.92 Å². The Balaban J connectivity index is 3.24. The highest BCUT2D eigenvalue weighted by molar-refractivity contribution is 7.98. The lowest BCUT2D eigenvalue weighted by Gasteiger charge is -2.30. The minimum Gasteiger partial charge on any atom is -0.480 e. The molecule has 6 nitrogen and oxygen atoms in total. The van der Waals surface area contributed by atoms with Crippen molar-refractivity contribution in [2.75, 3.05) is 12.0 Å². The van der Waals surface area contributed by atoms with E-state index in [2.05, 4.69) is 5.43 Å². The van der Waals surface area contributed by atoms with Crippen molar-refractivity contribution < 1.29 is 19.5 Å². The monoisotopic (exact) mass is 420 g/mol. The Bertz CT molecular complexity index is 670. The van der Waals surface area contributed by atoms with Gasteiger partial charge < -0.3 is 5.11 Å². The van der Waals surface area contributed by atoms with Gasteiger partial charge in [-0.1, -0.05) is 37.0 Å². The van der Waals surface area contributed by atoms with Crippen LogP contribution in [0.1, 0.15) is 37.0 Å². The first-order valence-corrected chi connectivity index (χ1v) is 10.1. The number of carbonyl (C=O) groups excluding carboxylic acids is 2. The van der Waals surface area contributed by atoms with Crippen molar-refractivity contribution >= 4 is 52.7 Å². The molecule has 0 aliphatic heterocycles. The predicted molar refractivity (Wildman–Crippen MR) is 105 cm³/mol. The number of rotatable bonds is 8. The third-order valence-electron chi connectivity index (χ3n) is 3.45. The number of benzene rings is 1. The van der Waals surface area contributed by atoms with Crippen LogP contribution in [-0.4, -0.2) is 45.9 Å². The fraction of sp³-hybridized carbons (Fsp3) is 0.471. The van der Waals surface area contributed by atoms with Gasteiger partial charge in [-0.15, -0.1) is 0 Å². The molecule has 0 saturated heterocycles. The minimum atomic E-state index is -1.23. The summed E-state index contributed by atoms with van der Waals surface area (Å²) in [5.74, 6) is -1.84. The van der Waals surface area contributed by atoms with Gasteiger partial charge in [0.25, 0.3) is 5.91 Å². The molecule has 1 aromatic rings. The molecule has 1 aromatic carbocycles. The smallest absolute Gasteiger partial charge is 0.328 e. The molecule has 1 atom stereocenters. The molecular weight excluding hydrogens is 399 g/mol. The number of nitrogens with one attached hydrogen (secondary N) is 1. The van der Waals surface area contributed by atoms with E-state index in [9.17, 15) is 19.5 Å². The lowest BCUT2D eigenvalue weighted by atomic mass is 10.0. The van der Waals surface area contributed by atoms with E-state index in [4.69, 9.17) is 23.2 Å². The molecule has 9 heteroatoms. The standard InChI is InChI=1S/C17H22Cl2N2O4S/c1-10(2)8-14(17(24)25)21(20-15(22)6-7-26-3)16(23)12-9-11(18)4-5-13(12)19/h4-5,9-10,14H,6-8H2,1-3H3,(H,20,22)(H,24,25)/t14-/m1/s1. The lowest BCUT2D eigenvalue weighted by molar-refractivity contribution is -0.145. The topological polar surface area (TPSA) is 86.7 Å². The second kappa shape index (κ2) is 10.6. The maximum atomic E-state index is 13.0. The van der Waals surface area contributed by atoms with Crippen molar-refractivity contribution in [3.05, 3.63) is 33.8 Å². The van der Waals surface area contributed by atoms with Crippen molar-refractivity contribution in [1.29, 1.82) is 0 Å². The Hall–Kier alpha value is -1.44. The van der Waals surface area contributed by atoms with Crippen LogP contribution >= 0.6 is 35.0 Å². The van der Waals surface area contributed by atoms with Crippen LogP contribution in [0, 0.1) is 5.92 Å². The Morgan fingerprint density at radius 3 is 2.46 bits per heavy atom. The minimum absolute atomic E-state index is 0.00988. The summed E-state index contributed by atoms with van der Waals surface area (Å²) in [4.78, 5) is 36.8. The van der Waals surface area contributed by atoms with Crippen LogP contribution in [-0.2, 0) is 9.59 Å². The molecule has 144 valence electrons. The summed E-state index contributed by atoms with van der Waals surface area (Å²) in [6, 6.07) is 3.09. The Kier molecular flexibility index (Phi) is 9.25.